The van der Waals surface area contributed by atoms with Crippen LogP contribution in [0, 0.1) is 0 Å². The van der Waals surface area contributed by atoms with E-state index >= 15 is 0 Å². The molecule has 0 N–H and O–H groups in total. The third-order valence-corrected chi connectivity index (χ3v) is 3.36. The van der Waals surface area contributed by atoms with Gasteiger partial charge in [-0.2, -0.15) is 0 Å². The minimum absolute atomic E-state index is 0.0422. The molecule has 20 heavy (non-hydrogen) atoms. The molecule has 0 radical (unpaired) electrons. The minimum atomic E-state index is -0.524. The van der Waals surface area contributed by atoms with Gasteiger partial charge in [0.05, 0.1) is 13.7 Å². The van der Waals surface area contributed by atoms with E-state index < -0.39 is 6.04 Å². The molecule has 1 fully saturated rings. The number of ether oxygens (including phenoxy) is 2. The van der Waals surface area contributed by atoms with Gasteiger partial charge in [-0.05, 0) is 44.0 Å². The van der Waals surface area contributed by atoms with Crippen molar-refractivity contribution in [3.63, 3.8) is 0 Å². The van der Waals surface area contributed by atoms with Crippen LogP contribution in [0.15, 0.2) is 24.3 Å². The maximum Gasteiger partial charge on any atom is 0.329 e. The topological polar surface area (TPSA) is 55.8 Å². The highest BCUT2D eigenvalue weighted by molar-refractivity contribution is 6.00. The van der Waals surface area contributed by atoms with Crippen molar-refractivity contribution in [3.05, 3.63) is 24.3 Å². The number of carbonyl (C=O) groups excluding carboxylic acids is 2. The Balaban J connectivity index is 2.26. The molecule has 1 aliphatic rings. The highest BCUT2D eigenvalue weighted by Gasteiger charge is 2.35. The average molecular weight is 277 g/mol. The smallest absolute Gasteiger partial charge is 0.329 e. The van der Waals surface area contributed by atoms with Crippen molar-refractivity contribution >= 4 is 17.6 Å². The summed E-state index contributed by atoms with van der Waals surface area (Å²) in [7, 11) is 1.59. The third-order valence-electron chi connectivity index (χ3n) is 3.36. The lowest BCUT2D eigenvalue weighted by Crippen LogP contribution is -2.49. The van der Waals surface area contributed by atoms with Gasteiger partial charge in [0.1, 0.15) is 11.8 Å². The molecule has 5 heteroatoms. The van der Waals surface area contributed by atoms with Gasteiger partial charge in [-0.25, -0.2) is 4.79 Å². The highest BCUT2D eigenvalue weighted by atomic mass is 16.5. The van der Waals surface area contributed by atoms with Crippen LogP contribution in [0.1, 0.15) is 26.2 Å². The van der Waals surface area contributed by atoms with E-state index in [1.807, 2.05) is 0 Å². The van der Waals surface area contributed by atoms with E-state index in [-0.39, 0.29) is 11.9 Å². The number of hydrogen-bond donors (Lipinski definition) is 0. The fourth-order valence-corrected chi connectivity index (χ4v) is 2.40. The van der Waals surface area contributed by atoms with Crippen LogP contribution in [0.25, 0.3) is 0 Å². The molecule has 108 valence electrons. The molecular weight excluding hydrogens is 258 g/mol. The van der Waals surface area contributed by atoms with Gasteiger partial charge in [0.15, 0.2) is 0 Å². The lowest BCUT2D eigenvalue weighted by molar-refractivity contribution is -0.146. The summed E-state index contributed by atoms with van der Waals surface area (Å²) in [5.74, 6) is 0.335. The number of amides is 1. The highest BCUT2D eigenvalue weighted by Crippen LogP contribution is 2.28. The zero-order chi connectivity index (χ0) is 14.5. The van der Waals surface area contributed by atoms with Gasteiger partial charge >= 0.3 is 5.97 Å². The minimum Gasteiger partial charge on any atom is -0.497 e. The number of nitrogens with zero attached hydrogens (tertiary/aromatic N) is 1. The van der Waals surface area contributed by atoms with Crippen LogP contribution in [0.3, 0.4) is 0 Å². The van der Waals surface area contributed by atoms with Gasteiger partial charge in [0, 0.05) is 12.1 Å². The Labute approximate surface area is 118 Å². The Bertz CT molecular complexity index is 483. The maximum atomic E-state index is 12.2. The van der Waals surface area contributed by atoms with E-state index in [4.69, 9.17) is 9.47 Å². The number of methoxy groups -OCH3 is 1. The number of carbonyl (C=O) groups is 2. The summed E-state index contributed by atoms with van der Waals surface area (Å²) >= 11 is 0. The van der Waals surface area contributed by atoms with E-state index in [0.29, 0.717) is 30.9 Å². The molecule has 1 aromatic rings. The molecule has 1 amide bonds. The quantitative estimate of drug-likeness (QED) is 0.791. The summed E-state index contributed by atoms with van der Waals surface area (Å²) in [5.41, 5.74) is 0.702. The Morgan fingerprint density at radius 2 is 2.05 bits per heavy atom. The number of anilines is 1. The van der Waals surface area contributed by atoms with Crippen LogP contribution in [-0.2, 0) is 14.3 Å². The van der Waals surface area contributed by atoms with Gasteiger partial charge in [-0.1, -0.05) is 0 Å². The predicted octanol–water partition coefficient (Wildman–Crippen LogP) is 2.14. The molecule has 2 rings (SSSR count). The monoisotopic (exact) mass is 277 g/mol. The number of esters is 1. The van der Waals surface area contributed by atoms with Crippen LogP contribution >= 0.6 is 0 Å². The van der Waals surface area contributed by atoms with E-state index in [1.165, 1.54) is 0 Å². The zero-order valence-corrected chi connectivity index (χ0v) is 11.8. The van der Waals surface area contributed by atoms with Gasteiger partial charge < -0.3 is 9.47 Å². The van der Waals surface area contributed by atoms with Crippen LogP contribution in [0.2, 0.25) is 0 Å². The third kappa shape index (κ3) is 2.92. The second kappa shape index (κ2) is 6.41. The van der Waals surface area contributed by atoms with E-state index in [9.17, 15) is 9.59 Å². The molecule has 1 unspecified atom stereocenters. The van der Waals surface area contributed by atoms with E-state index in [0.717, 1.165) is 6.42 Å². The van der Waals surface area contributed by atoms with Crippen LogP contribution in [0.5, 0.6) is 5.75 Å². The normalized spacial score (nSPS) is 18.8. The lowest BCUT2D eigenvalue weighted by Gasteiger charge is -2.34. The van der Waals surface area contributed by atoms with Crippen molar-refractivity contribution in [2.75, 3.05) is 18.6 Å². The Hall–Kier alpha value is -2.04. The van der Waals surface area contributed by atoms with E-state index in [1.54, 1.807) is 43.2 Å². The first-order valence-corrected chi connectivity index (χ1v) is 6.80. The first-order chi connectivity index (χ1) is 9.67. The van der Waals surface area contributed by atoms with Crippen molar-refractivity contribution in [1.82, 2.24) is 0 Å². The molecule has 5 nitrogen and oxygen atoms in total. The molecule has 1 saturated heterocycles. The zero-order valence-electron chi connectivity index (χ0n) is 11.8. The predicted molar refractivity (Wildman–Crippen MR) is 74.8 cm³/mol. The summed E-state index contributed by atoms with van der Waals surface area (Å²) in [6, 6.07) is 6.60. The number of hydrogen-bond acceptors (Lipinski definition) is 4. The first-order valence-electron chi connectivity index (χ1n) is 6.80. The standard InChI is InChI=1S/C15H19NO4/c1-3-20-15(18)13-5-4-6-14(17)16(13)11-7-9-12(19-2)10-8-11/h7-10,13H,3-6H2,1-2H3. The molecule has 0 bridgehead atoms. The number of rotatable bonds is 4. The SMILES string of the molecule is CCOC(=O)C1CCCC(=O)N1c1ccc(OC)cc1. The van der Waals surface area contributed by atoms with Gasteiger partial charge in [0.2, 0.25) is 5.91 Å². The fourth-order valence-electron chi connectivity index (χ4n) is 2.40. The van der Waals surface area contributed by atoms with Crippen molar-refractivity contribution in [2.24, 2.45) is 0 Å². The number of piperidine rings is 1. The summed E-state index contributed by atoms with van der Waals surface area (Å²) < 4.78 is 10.2. The molecule has 1 atom stereocenters. The summed E-state index contributed by atoms with van der Waals surface area (Å²) in [6.45, 7) is 2.08. The largest absolute Gasteiger partial charge is 0.497 e. The van der Waals surface area contributed by atoms with Crippen LogP contribution < -0.4 is 9.64 Å². The Kier molecular flexibility index (Phi) is 4.61. The molecule has 0 aromatic heterocycles. The molecule has 0 aliphatic carbocycles. The number of benzene rings is 1. The Morgan fingerprint density at radius 1 is 1.35 bits per heavy atom. The van der Waals surface area contributed by atoms with Crippen molar-refractivity contribution < 1.29 is 19.1 Å². The van der Waals surface area contributed by atoms with Crippen LogP contribution in [-0.4, -0.2) is 31.6 Å². The molecular formula is C15H19NO4. The summed E-state index contributed by atoms with van der Waals surface area (Å²) in [4.78, 5) is 25.7. The summed E-state index contributed by atoms with van der Waals surface area (Å²) in [6.07, 6.45) is 1.81. The molecule has 1 heterocycles. The average Bonchev–Trinajstić information content (AvgIpc) is 2.47. The summed E-state index contributed by atoms with van der Waals surface area (Å²) in [5, 5.41) is 0. The molecule has 0 spiro atoms. The van der Waals surface area contributed by atoms with Crippen molar-refractivity contribution in [1.29, 1.82) is 0 Å². The van der Waals surface area contributed by atoms with Crippen LogP contribution in [0.4, 0.5) is 5.69 Å². The van der Waals surface area contributed by atoms with Crippen molar-refractivity contribution in [2.45, 2.75) is 32.2 Å². The fraction of sp³-hybridized carbons (Fsp3) is 0.467. The lowest BCUT2D eigenvalue weighted by atomic mass is 10.0. The second-order valence-electron chi connectivity index (χ2n) is 4.62. The van der Waals surface area contributed by atoms with Gasteiger partial charge in [-0.15, -0.1) is 0 Å². The molecule has 0 saturated carbocycles. The molecule has 1 aliphatic heterocycles. The molecule has 1 aromatic carbocycles. The Morgan fingerprint density at radius 3 is 2.65 bits per heavy atom. The maximum absolute atomic E-state index is 12.2. The van der Waals surface area contributed by atoms with Gasteiger partial charge in [0.25, 0.3) is 0 Å². The van der Waals surface area contributed by atoms with Crippen molar-refractivity contribution in [3.8, 4) is 5.75 Å². The van der Waals surface area contributed by atoms with E-state index in [2.05, 4.69) is 0 Å². The van der Waals surface area contributed by atoms with Gasteiger partial charge in [-0.3, -0.25) is 9.69 Å². The first kappa shape index (κ1) is 14.4. The second-order valence-corrected chi connectivity index (χ2v) is 4.62.